The van der Waals surface area contributed by atoms with E-state index in [-0.39, 0.29) is 10.8 Å². The van der Waals surface area contributed by atoms with E-state index < -0.39 is 0 Å². The molecule has 0 bridgehead atoms. The molecule has 0 heterocycles. The first-order valence-electron chi connectivity index (χ1n) is 7.30. The van der Waals surface area contributed by atoms with Crippen LogP contribution >= 0.6 is 11.8 Å². The Morgan fingerprint density at radius 3 is 2.23 bits per heavy atom. The lowest BCUT2D eigenvalue weighted by molar-refractivity contribution is 0.251. The van der Waals surface area contributed by atoms with E-state index in [0.717, 1.165) is 11.3 Å². The van der Waals surface area contributed by atoms with Crippen molar-refractivity contribution in [3.8, 4) is 0 Å². The minimum atomic E-state index is -0.194. The van der Waals surface area contributed by atoms with Gasteiger partial charge in [0.05, 0.1) is 0 Å². The monoisotopic (exact) mass is 314 g/mol. The van der Waals surface area contributed by atoms with Crippen molar-refractivity contribution in [3.63, 3.8) is 0 Å². The molecule has 4 heteroatoms. The number of carbonyl (C=O) groups is 1. The van der Waals surface area contributed by atoms with Gasteiger partial charge in [-0.3, -0.25) is 0 Å². The molecule has 0 aliphatic carbocycles. The van der Waals surface area contributed by atoms with Gasteiger partial charge in [-0.1, -0.05) is 51.1 Å². The summed E-state index contributed by atoms with van der Waals surface area (Å²) in [6.45, 7) is 7.06. The third kappa shape index (κ3) is 5.82. The van der Waals surface area contributed by atoms with Gasteiger partial charge in [-0.15, -0.1) is 11.8 Å². The molecule has 0 radical (unpaired) electrons. The van der Waals surface area contributed by atoms with E-state index in [9.17, 15) is 4.79 Å². The molecule has 2 aromatic rings. The van der Waals surface area contributed by atoms with E-state index in [4.69, 9.17) is 0 Å². The summed E-state index contributed by atoms with van der Waals surface area (Å²) >= 11 is 1.81. The predicted octanol–water partition coefficient (Wildman–Crippen LogP) is 4.90. The Bertz CT molecular complexity index is 603. The zero-order valence-electron chi connectivity index (χ0n) is 13.2. The van der Waals surface area contributed by atoms with E-state index in [1.165, 1.54) is 4.90 Å². The highest BCUT2D eigenvalue weighted by atomic mass is 32.2. The van der Waals surface area contributed by atoms with Gasteiger partial charge in [0.15, 0.2) is 0 Å². The van der Waals surface area contributed by atoms with Crippen molar-refractivity contribution in [1.29, 1.82) is 0 Å². The molecule has 116 valence electrons. The number of thioether (sulfide) groups is 1. The first kappa shape index (κ1) is 16.4. The molecule has 0 atom stereocenters. The second-order valence-electron chi connectivity index (χ2n) is 6.03. The minimum Gasteiger partial charge on any atom is -0.334 e. The maximum atomic E-state index is 11.9. The summed E-state index contributed by atoms with van der Waals surface area (Å²) < 4.78 is 0.183. The number of nitrogens with one attached hydrogen (secondary N) is 2. The fraction of sp³-hybridized carbons (Fsp3) is 0.278. The largest absolute Gasteiger partial charge is 0.334 e. The van der Waals surface area contributed by atoms with Gasteiger partial charge >= 0.3 is 6.03 Å². The molecule has 2 aromatic carbocycles. The lowest BCUT2D eigenvalue weighted by Crippen LogP contribution is -2.28. The Hall–Kier alpha value is -1.94. The zero-order valence-corrected chi connectivity index (χ0v) is 14.0. The Labute approximate surface area is 136 Å². The maximum Gasteiger partial charge on any atom is 0.319 e. The van der Waals surface area contributed by atoms with Gasteiger partial charge in [0, 0.05) is 21.9 Å². The molecule has 0 aliphatic rings. The topological polar surface area (TPSA) is 41.1 Å². The number of benzene rings is 2. The summed E-state index contributed by atoms with van der Waals surface area (Å²) in [6.07, 6.45) is 0. The van der Waals surface area contributed by atoms with Gasteiger partial charge in [0.1, 0.15) is 0 Å². The van der Waals surface area contributed by atoms with Crippen LogP contribution in [0.2, 0.25) is 0 Å². The van der Waals surface area contributed by atoms with Crippen LogP contribution in [0, 0.1) is 0 Å². The summed E-state index contributed by atoms with van der Waals surface area (Å²) in [4.78, 5) is 13.1. The average Bonchev–Trinajstić information content (AvgIpc) is 2.47. The van der Waals surface area contributed by atoms with E-state index in [0.29, 0.717) is 6.54 Å². The molecular weight excluding hydrogens is 292 g/mol. The molecule has 22 heavy (non-hydrogen) atoms. The molecule has 2 amide bonds. The summed E-state index contributed by atoms with van der Waals surface area (Å²) in [5.74, 6) is 0. The number of carbonyl (C=O) groups excluding carboxylic acids is 1. The van der Waals surface area contributed by atoms with Crippen molar-refractivity contribution in [1.82, 2.24) is 5.32 Å². The van der Waals surface area contributed by atoms with Crippen LogP contribution in [-0.4, -0.2) is 10.8 Å². The smallest absolute Gasteiger partial charge is 0.319 e. The molecule has 0 saturated carbocycles. The number of anilines is 1. The summed E-state index contributed by atoms with van der Waals surface area (Å²) in [7, 11) is 0. The average molecular weight is 314 g/mol. The SMILES string of the molecule is CC(C)(C)Sc1ccc(NC(=O)NCc2ccccc2)cc1. The van der Waals surface area contributed by atoms with Gasteiger partial charge in [-0.05, 0) is 29.8 Å². The normalized spacial score (nSPS) is 11.0. The fourth-order valence-corrected chi connectivity index (χ4v) is 2.89. The summed E-state index contributed by atoms with van der Waals surface area (Å²) in [5, 5.41) is 5.69. The fourth-order valence-electron chi connectivity index (χ4n) is 1.91. The highest BCUT2D eigenvalue weighted by molar-refractivity contribution is 8.00. The van der Waals surface area contributed by atoms with Crippen molar-refractivity contribution in [2.24, 2.45) is 0 Å². The van der Waals surface area contributed by atoms with E-state index >= 15 is 0 Å². The second kappa shape index (κ2) is 7.36. The Kier molecular flexibility index (Phi) is 5.50. The van der Waals surface area contributed by atoms with Gasteiger partial charge in [0.2, 0.25) is 0 Å². The molecular formula is C18H22N2OS. The second-order valence-corrected chi connectivity index (χ2v) is 7.93. The first-order chi connectivity index (χ1) is 10.4. The summed E-state index contributed by atoms with van der Waals surface area (Å²) in [5.41, 5.74) is 1.87. The molecule has 0 aromatic heterocycles. The van der Waals surface area contributed by atoms with Crippen molar-refractivity contribution in [3.05, 3.63) is 60.2 Å². The standard InChI is InChI=1S/C18H22N2OS/c1-18(2,3)22-16-11-9-15(10-12-16)20-17(21)19-13-14-7-5-4-6-8-14/h4-12H,13H2,1-3H3,(H2,19,20,21). The van der Waals surface area contributed by atoms with Crippen LogP contribution in [0.4, 0.5) is 10.5 Å². The maximum absolute atomic E-state index is 11.9. The molecule has 2 N–H and O–H groups in total. The Morgan fingerprint density at radius 1 is 1.00 bits per heavy atom. The molecule has 3 nitrogen and oxygen atoms in total. The first-order valence-corrected chi connectivity index (χ1v) is 8.12. The van der Waals surface area contributed by atoms with Gasteiger partial charge in [-0.25, -0.2) is 4.79 Å². The van der Waals surface area contributed by atoms with Crippen LogP contribution in [-0.2, 0) is 6.54 Å². The third-order valence-corrected chi connectivity index (χ3v) is 3.95. The number of hydrogen-bond donors (Lipinski definition) is 2. The van der Waals surface area contributed by atoms with Crippen LogP contribution in [0.1, 0.15) is 26.3 Å². The lowest BCUT2D eigenvalue weighted by atomic mass is 10.2. The minimum absolute atomic E-state index is 0.183. The molecule has 0 spiro atoms. The van der Waals surface area contributed by atoms with Crippen LogP contribution in [0.5, 0.6) is 0 Å². The molecule has 2 rings (SSSR count). The number of urea groups is 1. The van der Waals surface area contributed by atoms with Crippen molar-refractivity contribution >= 4 is 23.5 Å². The Morgan fingerprint density at radius 2 is 1.64 bits per heavy atom. The van der Waals surface area contributed by atoms with Crippen molar-refractivity contribution < 1.29 is 4.79 Å². The van der Waals surface area contributed by atoms with E-state index in [1.54, 1.807) is 0 Å². The predicted molar refractivity (Wildman–Crippen MR) is 94.4 cm³/mol. The summed E-state index contributed by atoms with van der Waals surface area (Å²) in [6, 6.07) is 17.6. The Balaban J connectivity index is 1.84. The van der Waals surface area contributed by atoms with Crippen LogP contribution in [0.15, 0.2) is 59.5 Å². The lowest BCUT2D eigenvalue weighted by Gasteiger charge is -2.17. The number of rotatable bonds is 4. The number of hydrogen-bond acceptors (Lipinski definition) is 2. The van der Waals surface area contributed by atoms with Crippen LogP contribution in [0.25, 0.3) is 0 Å². The van der Waals surface area contributed by atoms with Crippen LogP contribution < -0.4 is 10.6 Å². The van der Waals surface area contributed by atoms with Crippen molar-refractivity contribution in [2.75, 3.05) is 5.32 Å². The van der Waals surface area contributed by atoms with E-state index in [1.807, 2.05) is 66.4 Å². The van der Waals surface area contributed by atoms with Gasteiger partial charge in [0.25, 0.3) is 0 Å². The highest BCUT2D eigenvalue weighted by Crippen LogP contribution is 2.32. The highest BCUT2D eigenvalue weighted by Gasteiger charge is 2.11. The molecule has 0 aliphatic heterocycles. The third-order valence-electron chi connectivity index (χ3n) is 2.83. The van der Waals surface area contributed by atoms with Crippen molar-refractivity contribution in [2.45, 2.75) is 37.0 Å². The van der Waals surface area contributed by atoms with Crippen LogP contribution in [0.3, 0.4) is 0 Å². The number of amides is 2. The van der Waals surface area contributed by atoms with E-state index in [2.05, 4.69) is 31.4 Å². The zero-order chi connectivity index (χ0) is 16.0. The quantitative estimate of drug-likeness (QED) is 0.788. The molecule has 0 unspecified atom stereocenters. The molecule has 0 fully saturated rings. The molecule has 0 saturated heterocycles. The van der Waals surface area contributed by atoms with Gasteiger partial charge in [-0.2, -0.15) is 0 Å². The van der Waals surface area contributed by atoms with Gasteiger partial charge < -0.3 is 10.6 Å².